The third-order valence-electron chi connectivity index (χ3n) is 22.5. The molecule has 612 valence electrons. The molecule has 14 aromatic rings. The fourth-order valence-electron chi connectivity index (χ4n) is 16.4. The Morgan fingerprint density at radius 2 is 0.383 bits per heavy atom. The molecule has 15 rings (SSSR count). The molecule has 0 amide bonds. The molecule has 1 aliphatic rings. The van der Waals surface area contributed by atoms with Crippen molar-refractivity contribution in [1.29, 1.82) is 0 Å². The Bertz CT molecular complexity index is 5410. The lowest BCUT2D eigenvalue weighted by Gasteiger charge is -2.29. The average Bonchev–Trinajstić information content (AvgIpc) is 0.807. The van der Waals surface area contributed by atoms with Crippen molar-refractivity contribution in [1.82, 2.24) is 0 Å². The van der Waals surface area contributed by atoms with Gasteiger partial charge in [-0.3, -0.25) is 0 Å². The lowest BCUT2D eigenvalue weighted by atomic mass is 9.76. The quantitative estimate of drug-likeness (QED) is 0.0235. The van der Waals surface area contributed by atoms with Crippen molar-refractivity contribution < 1.29 is 102 Å². The van der Waals surface area contributed by atoms with Crippen molar-refractivity contribution in [3.05, 3.63) is 368 Å². The second-order valence-corrected chi connectivity index (χ2v) is 30.4. The van der Waals surface area contributed by atoms with Gasteiger partial charge < -0.3 is 102 Å². The van der Waals surface area contributed by atoms with Crippen LogP contribution in [0.3, 0.4) is 0 Å². The smallest absolute Gasteiger partial charge is 0.123 e. The molecule has 0 radical (unpaired) electrons. The molecule has 1 aliphatic carbocycles. The van der Waals surface area contributed by atoms with Crippen molar-refractivity contribution >= 4 is 0 Å². The lowest BCUT2D eigenvalue weighted by Crippen LogP contribution is -2.13. The predicted molar refractivity (Wildman–Crippen MR) is 456 cm³/mol. The zero-order valence-corrected chi connectivity index (χ0v) is 65.2. The summed E-state index contributed by atoms with van der Waals surface area (Å²) < 4.78 is 0. The maximum absolute atomic E-state index is 10.7. The first-order chi connectivity index (χ1) is 57.7. The van der Waals surface area contributed by atoms with Crippen LogP contribution < -0.4 is 0 Å². The van der Waals surface area contributed by atoms with Gasteiger partial charge in [-0.1, -0.05) is 190 Å². The maximum atomic E-state index is 10.7. The van der Waals surface area contributed by atoms with Gasteiger partial charge in [0.1, 0.15) is 115 Å². The highest BCUT2D eigenvalue weighted by atomic mass is 16.3. The molecular weight excluding hydrogens is 1520 g/mol. The van der Waals surface area contributed by atoms with Crippen LogP contribution in [-0.2, 0) is 0 Å². The highest BCUT2D eigenvalue weighted by molar-refractivity contribution is 5.68. The Morgan fingerprint density at radius 1 is 0.208 bits per heavy atom. The fraction of sp³-hybridized carbons (Fsp3) is 0.160. The normalized spacial score (nSPS) is 13.2. The van der Waals surface area contributed by atoms with E-state index in [-0.39, 0.29) is 115 Å². The van der Waals surface area contributed by atoms with Gasteiger partial charge in [0.05, 0.1) is 0 Å². The molecule has 0 heterocycles. The van der Waals surface area contributed by atoms with Crippen molar-refractivity contribution in [3.63, 3.8) is 0 Å². The standard InChI is InChI=1S/C38H30O8.C32H26O8.C30H36O4/c39-25-9-13-29(33(43)17-25)37(30-14-10-26(40)18-34(30)44)23-5-1-21(2-6-23)22-3-7-24(8-4-22)38(31-15-11-27(41)19-35(31)45)32-16-12-28(42)20-36(32)46;33-19-5-9-23(27(37)13-19)31(24-10-6-20(34)14-28(24)38)17-1-2-18(4-3-17)32(25-11-7-21(35)15-29(25)39)26-12-8-22(36)16-30(26)40;1-2-3-4-5-20-6-8-21(9-7-20)22-10-12-23(13-11-22)30(26-16-14-24(31)18-28(26)33)27-17-15-25(32)19-29(27)34/h1-20,37-46H;1-16,31-40H;10-21,30-34H,2-9H2,1H3. The van der Waals surface area contributed by atoms with Crippen LogP contribution in [0.25, 0.3) is 11.1 Å². The zero-order valence-electron chi connectivity index (χ0n) is 65.2. The summed E-state index contributed by atoms with van der Waals surface area (Å²) in [6.07, 6.45) is 10.4. The minimum Gasteiger partial charge on any atom is -0.508 e. The predicted octanol–water partition coefficient (Wildman–Crippen LogP) is 20.6. The number of phenolic OH excluding ortho intramolecular Hbond substituents is 20. The van der Waals surface area contributed by atoms with Crippen LogP contribution in [0.2, 0.25) is 0 Å². The molecule has 0 spiro atoms. The van der Waals surface area contributed by atoms with Gasteiger partial charge in [0, 0.05) is 146 Å². The highest BCUT2D eigenvalue weighted by Gasteiger charge is 2.32. The van der Waals surface area contributed by atoms with Crippen LogP contribution in [0.4, 0.5) is 0 Å². The zero-order chi connectivity index (χ0) is 85.2. The van der Waals surface area contributed by atoms with Gasteiger partial charge in [0.25, 0.3) is 0 Å². The second kappa shape index (κ2) is 36.5. The van der Waals surface area contributed by atoms with E-state index in [1.54, 1.807) is 84.9 Å². The van der Waals surface area contributed by atoms with Crippen molar-refractivity contribution in [2.45, 2.75) is 93.8 Å². The van der Waals surface area contributed by atoms with E-state index in [1.165, 1.54) is 178 Å². The molecule has 0 bridgehead atoms. The summed E-state index contributed by atoms with van der Waals surface area (Å²) in [4.78, 5) is 0. The van der Waals surface area contributed by atoms with E-state index in [0.29, 0.717) is 72.7 Å². The number of hydrogen-bond acceptors (Lipinski definition) is 20. The number of unbranched alkanes of at least 4 members (excludes halogenated alkanes) is 2. The van der Waals surface area contributed by atoms with E-state index in [1.807, 2.05) is 48.5 Å². The first-order valence-electron chi connectivity index (χ1n) is 39.3. The lowest BCUT2D eigenvalue weighted by molar-refractivity contribution is 0.303. The Hall–Kier alpha value is -14.9. The van der Waals surface area contributed by atoms with Crippen molar-refractivity contribution in [2.24, 2.45) is 5.92 Å². The molecule has 1 saturated carbocycles. The SMILES string of the molecule is CCCCCC1CCC(c2ccc(C(c3ccc(O)cc3O)c3ccc(O)cc3O)cc2)CC1.Oc1ccc(C(c2ccc(-c3ccc(C(c4ccc(O)cc4O)c4ccc(O)cc4O)cc3)cc2)c2ccc(O)cc2O)c(O)c1.Oc1ccc(C(c2ccc(C(c3ccc(O)cc3O)c3ccc(O)cc3O)cc2)c2ccc(O)cc2O)c(O)c1. The first-order valence-corrected chi connectivity index (χ1v) is 39.3. The van der Waals surface area contributed by atoms with E-state index in [4.69, 9.17) is 0 Å². The first kappa shape index (κ1) is 83.0. The summed E-state index contributed by atoms with van der Waals surface area (Å²) in [6, 6.07) is 73.5. The third kappa shape index (κ3) is 19.0. The third-order valence-corrected chi connectivity index (χ3v) is 22.5. The number of rotatable bonds is 21. The summed E-state index contributed by atoms with van der Waals surface area (Å²) in [6.45, 7) is 2.26. The minimum absolute atomic E-state index is 0.0180. The number of phenols is 20. The largest absolute Gasteiger partial charge is 0.508 e. The molecule has 20 N–H and O–H groups in total. The number of hydrogen-bond donors (Lipinski definition) is 20. The molecule has 0 aromatic heterocycles. The second-order valence-electron chi connectivity index (χ2n) is 30.4. The van der Waals surface area contributed by atoms with Crippen LogP contribution in [0, 0.1) is 5.92 Å². The van der Waals surface area contributed by atoms with Crippen LogP contribution in [0.15, 0.2) is 279 Å². The minimum atomic E-state index is -0.696. The molecular formula is C100H92O20. The Balaban J connectivity index is 0.000000157. The van der Waals surface area contributed by atoms with Gasteiger partial charge in [0.2, 0.25) is 0 Å². The molecule has 0 unspecified atom stereocenters. The average molecular weight is 1610 g/mol. The van der Waals surface area contributed by atoms with Gasteiger partial charge in [-0.15, -0.1) is 0 Å². The Morgan fingerprint density at radius 3 is 0.558 bits per heavy atom. The van der Waals surface area contributed by atoms with Gasteiger partial charge >= 0.3 is 0 Å². The Kier molecular flexibility index (Phi) is 25.3. The molecule has 14 aromatic carbocycles. The monoisotopic (exact) mass is 1610 g/mol. The van der Waals surface area contributed by atoms with Crippen LogP contribution in [-0.4, -0.2) is 102 Å². The van der Waals surface area contributed by atoms with Gasteiger partial charge in [-0.25, -0.2) is 0 Å². The van der Waals surface area contributed by atoms with Crippen LogP contribution in [0.1, 0.15) is 183 Å². The van der Waals surface area contributed by atoms with E-state index < -0.39 is 29.6 Å². The molecule has 0 atom stereocenters. The van der Waals surface area contributed by atoms with Crippen molar-refractivity contribution in [2.75, 3.05) is 0 Å². The summed E-state index contributed by atoms with van der Waals surface area (Å²) in [5.74, 6) is -3.99. The molecule has 0 aliphatic heterocycles. The molecule has 20 nitrogen and oxygen atoms in total. The topological polar surface area (TPSA) is 405 Å². The molecule has 120 heavy (non-hydrogen) atoms. The summed E-state index contributed by atoms with van der Waals surface area (Å²) in [5.41, 5.74) is 11.4. The van der Waals surface area contributed by atoms with E-state index >= 15 is 0 Å². The summed E-state index contributed by atoms with van der Waals surface area (Å²) in [7, 11) is 0. The van der Waals surface area contributed by atoms with Crippen LogP contribution >= 0.6 is 0 Å². The van der Waals surface area contributed by atoms with Gasteiger partial charge in [-0.2, -0.15) is 0 Å². The highest BCUT2D eigenvalue weighted by Crippen LogP contribution is 2.51. The number of aromatic hydroxyl groups is 20. The summed E-state index contributed by atoms with van der Waals surface area (Å²) in [5, 5.41) is 205. The summed E-state index contributed by atoms with van der Waals surface area (Å²) >= 11 is 0. The molecule has 20 heteroatoms. The Labute approximate surface area is 692 Å². The van der Waals surface area contributed by atoms with E-state index in [9.17, 15) is 102 Å². The number of benzene rings is 14. The van der Waals surface area contributed by atoms with Crippen molar-refractivity contribution in [3.8, 4) is 126 Å². The molecule has 0 saturated heterocycles. The fourth-order valence-corrected chi connectivity index (χ4v) is 16.4. The molecule has 1 fully saturated rings. The van der Waals surface area contributed by atoms with E-state index in [0.717, 1.165) is 33.7 Å². The van der Waals surface area contributed by atoms with E-state index in [2.05, 4.69) is 31.2 Å². The van der Waals surface area contributed by atoms with Gasteiger partial charge in [-0.05, 0) is 143 Å². The van der Waals surface area contributed by atoms with Crippen LogP contribution in [0.5, 0.6) is 115 Å². The van der Waals surface area contributed by atoms with Gasteiger partial charge in [0.15, 0.2) is 0 Å². The maximum Gasteiger partial charge on any atom is 0.123 e.